The van der Waals surface area contributed by atoms with Gasteiger partial charge in [-0.3, -0.25) is 0 Å². The van der Waals surface area contributed by atoms with Gasteiger partial charge in [-0.1, -0.05) is 19.1 Å². The lowest BCUT2D eigenvalue weighted by molar-refractivity contribution is 0.0276. The lowest BCUT2D eigenvalue weighted by Gasteiger charge is -2.23. The summed E-state index contributed by atoms with van der Waals surface area (Å²) >= 11 is 0. The Morgan fingerprint density at radius 3 is 2.48 bits per heavy atom. The van der Waals surface area contributed by atoms with Crippen molar-refractivity contribution in [2.24, 2.45) is 0 Å². The summed E-state index contributed by atoms with van der Waals surface area (Å²) in [5.41, 5.74) is 1.22. The number of nitrogens with one attached hydrogen (secondary N) is 2. The van der Waals surface area contributed by atoms with Gasteiger partial charge in [0.2, 0.25) is 10.0 Å². The van der Waals surface area contributed by atoms with E-state index in [2.05, 4.69) is 10.0 Å². The zero-order valence-electron chi connectivity index (χ0n) is 13.5. The minimum absolute atomic E-state index is 0.227. The topological polar surface area (TPSA) is 67.4 Å². The largest absolute Gasteiger partial charge is 0.377 e. The third-order valence-corrected chi connectivity index (χ3v) is 4.91. The highest BCUT2D eigenvalue weighted by Crippen LogP contribution is 2.19. The molecule has 0 aliphatic rings. The standard InChI is InChI=1S/C15H26N2O3S/c1-6-13-8-7-12(10-16-4)9-14(13)21(18,19)17-11-15(2,3)20-5/h7-9,16-17H,6,10-11H2,1-5H3. The fourth-order valence-electron chi connectivity index (χ4n) is 1.87. The molecule has 0 saturated heterocycles. The van der Waals surface area contributed by atoms with Crippen LogP contribution in [0.2, 0.25) is 0 Å². The van der Waals surface area contributed by atoms with Gasteiger partial charge in [-0.05, 0) is 44.5 Å². The zero-order chi connectivity index (χ0) is 16.1. The van der Waals surface area contributed by atoms with Crippen LogP contribution in [0.3, 0.4) is 0 Å². The lowest BCUT2D eigenvalue weighted by atomic mass is 10.1. The highest BCUT2D eigenvalue weighted by molar-refractivity contribution is 7.89. The summed E-state index contributed by atoms with van der Waals surface area (Å²) in [5, 5.41) is 3.03. The first-order chi connectivity index (χ1) is 9.75. The monoisotopic (exact) mass is 314 g/mol. The molecule has 0 fully saturated rings. The second-order valence-corrected chi connectivity index (χ2v) is 7.35. The smallest absolute Gasteiger partial charge is 0.240 e. The minimum Gasteiger partial charge on any atom is -0.377 e. The molecule has 0 atom stereocenters. The summed E-state index contributed by atoms with van der Waals surface area (Å²) in [6.45, 7) is 6.49. The molecule has 5 nitrogen and oxygen atoms in total. The third-order valence-electron chi connectivity index (χ3n) is 3.42. The van der Waals surface area contributed by atoms with Crippen LogP contribution in [0.15, 0.2) is 23.1 Å². The Kier molecular flexibility index (Phi) is 6.34. The molecule has 0 aromatic heterocycles. The first-order valence-corrected chi connectivity index (χ1v) is 8.55. The van der Waals surface area contributed by atoms with Gasteiger partial charge < -0.3 is 10.1 Å². The SMILES string of the molecule is CCc1ccc(CNC)cc1S(=O)(=O)NCC(C)(C)OC. The van der Waals surface area contributed by atoms with Crippen molar-refractivity contribution in [1.29, 1.82) is 0 Å². The van der Waals surface area contributed by atoms with Crippen LogP contribution in [0.4, 0.5) is 0 Å². The molecule has 0 aliphatic heterocycles. The lowest BCUT2D eigenvalue weighted by Crippen LogP contribution is -2.40. The van der Waals surface area contributed by atoms with Gasteiger partial charge in [-0.15, -0.1) is 0 Å². The van der Waals surface area contributed by atoms with E-state index < -0.39 is 15.6 Å². The van der Waals surface area contributed by atoms with Gasteiger partial charge >= 0.3 is 0 Å². The Balaban J connectivity index is 3.08. The molecular formula is C15H26N2O3S. The molecule has 0 radical (unpaired) electrons. The van der Waals surface area contributed by atoms with Gasteiger partial charge in [0.15, 0.2) is 0 Å². The molecule has 0 aliphatic carbocycles. The van der Waals surface area contributed by atoms with Crippen LogP contribution >= 0.6 is 0 Å². The van der Waals surface area contributed by atoms with E-state index in [0.717, 1.165) is 11.1 Å². The molecular weight excluding hydrogens is 288 g/mol. The number of rotatable bonds is 8. The molecule has 120 valence electrons. The summed E-state index contributed by atoms with van der Waals surface area (Å²) < 4.78 is 33.0. The summed E-state index contributed by atoms with van der Waals surface area (Å²) in [4.78, 5) is 0.352. The minimum atomic E-state index is -3.54. The average molecular weight is 314 g/mol. The van der Waals surface area contributed by atoms with Crippen molar-refractivity contribution in [3.05, 3.63) is 29.3 Å². The molecule has 0 unspecified atom stereocenters. The van der Waals surface area contributed by atoms with E-state index in [9.17, 15) is 8.42 Å². The van der Waals surface area contributed by atoms with Crippen LogP contribution < -0.4 is 10.0 Å². The molecule has 1 aromatic carbocycles. The van der Waals surface area contributed by atoms with Crippen molar-refractivity contribution in [2.75, 3.05) is 20.7 Å². The van der Waals surface area contributed by atoms with E-state index in [1.54, 1.807) is 13.2 Å². The molecule has 0 bridgehead atoms. The molecule has 0 heterocycles. The van der Waals surface area contributed by atoms with Crippen molar-refractivity contribution in [3.8, 4) is 0 Å². The van der Waals surface area contributed by atoms with E-state index in [4.69, 9.17) is 4.74 Å². The first kappa shape index (κ1) is 18.1. The summed E-state index contributed by atoms with van der Waals surface area (Å²) in [5.74, 6) is 0. The molecule has 0 amide bonds. The van der Waals surface area contributed by atoms with Gasteiger partial charge in [0.05, 0.1) is 10.5 Å². The van der Waals surface area contributed by atoms with Crippen molar-refractivity contribution < 1.29 is 13.2 Å². The quantitative estimate of drug-likeness (QED) is 0.766. The molecule has 0 spiro atoms. The number of ether oxygens (including phenoxy) is 1. The van der Waals surface area contributed by atoms with E-state index in [1.165, 1.54) is 0 Å². The molecule has 1 rings (SSSR count). The van der Waals surface area contributed by atoms with Gasteiger partial charge in [0, 0.05) is 20.2 Å². The molecule has 21 heavy (non-hydrogen) atoms. The fraction of sp³-hybridized carbons (Fsp3) is 0.600. The number of hydrogen-bond donors (Lipinski definition) is 2. The fourth-order valence-corrected chi connectivity index (χ4v) is 3.43. The second-order valence-electron chi connectivity index (χ2n) is 5.61. The normalized spacial score (nSPS) is 12.6. The van der Waals surface area contributed by atoms with Crippen LogP contribution in [0.1, 0.15) is 31.9 Å². The van der Waals surface area contributed by atoms with E-state index >= 15 is 0 Å². The summed E-state index contributed by atoms with van der Waals surface area (Å²) in [6.07, 6.45) is 0.670. The highest BCUT2D eigenvalue weighted by Gasteiger charge is 2.23. The van der Waals surface area contributed by atoms with Gasteiger partial charge in [0.1, 0.15) is 0 Å². The van der Waals surface area contributed by atoms with E-state index in [0.29, 0.717) is 17.9 Å². The van der Waals surface area contributed by atoms with Crippen molar-refractivity contribution in [3.63, 3.8) is 0 Å². The molecule has 2 N–H and O–H groups in total. The zero-order valence-corrected chi connectivity index (χ0v) is 14.3. The van der Waals surface area contributed by atoms with Gasteiger partial charge in [-0.25, -0.2) is 13.1 Å². The first-order valence-electron chi connectivity index (χ1n) is 7.07. The van der Waals surface area contributed by atoms with E-state index in [-0.39, 0.29) is 6.54 Å². The Bertz CT molecular complexity index is 568. The van der Waals surface area contributed by atoms with Crippen molar-refractivity contribution in [1.82, 2.24) is 10.0 Å². The van der Waals surface area contributed by atoms with Crippen LogP contribution in [-0.2, 0) is 27.7 Å². The Morgan fingerprint density at radius 1 is 1.29 bits per heavy atom. The van der Waals surface area contributed by atoms with Crippen LogP contribution in [0, 0.1) is 0 Å². The van der Waals surface area contributed by atoms with Crippen molar-refractivity contribution >= 4 is 10.0 Å². The number of methoxy groups -OCH3 is 1. The van der Waals surface area contributed by atoms with Gasteiger partial charge in [0.25, 0.3) is 0 Å². The average Bonchev–Trinajstić information content (AvgIpc) is 2.46. The Hall–Kier alpha value is -0.950. The number of hydrogen-bond acceptors (Lipinski definition) is 4. The Labute approximate surface area is 128 Å². The molecule has 0 saturated carbocycles. The summed E-state index contributed by atoms with van der Waals surface area (Å²) in [6, 6.07) is 5.56. The van der Waals surface area contributed by atoms with Crippen molar-refractivity contribution in [2.45, 2.75) is 44.2 Å². The van der Waals surface area contributed by atoms with Crippen LogP contribution in [0.5, 0.6) is 0 Å². The maximum Gasteiger partial charge on any atom is 0.240 e. The Morgan fingerprint density at radius 2 is 1.95 bits per heavy atom. The maximum atomic E-state index is 12.5. The number of sulfonamides is 1. The van der Waals surface area contributed by atoms with Crippen LogP contribution in [0.25, 0.3) is 0 Å². The van der Waals surface area contributed by atoms with Gasteiger partial charge in [-0.2, -0.15) is 0 Å². The maximum absolute atomic E-state index is 12.5. The second kappa shape index (κ2) is 7.35. The van der Waals surface area contributed by atoms with Crippen LogP contribution in [-0.4, -0.2) is 34.7 Å². The predicted molar refractivity (Wildman–Crippen MR) is 84.9 cm³/mol. The predicted octanol–water partition coefficient (Wildman–Crippen LogP) is 1.67. The molecule has 6 heteroatoms. The summed E-state index contributed by atoms with van der Waals surface area (Å²) in [7, 11) is -0.142. The highest BCUT2D eigenvalue weighted by atomic mass is 32.2. The number of aryl methyl sites for hydroxylation is 1. The third kappa shape index (κ3) is 5.07. The van der Waals surface area contributed by atoms with E-state index in [1.807, 2.05) is 40.0 Å². The molecule has 1 aromatic rings. The number of benzene rings is 1.